The van der Waals surface area contributed by atoms with Gasteiger partial charge in [-0.25, -0.2) is 0 Å². The number of nitrogens with zero attached hydrogens (tertiary/aromatic N) is 1. The number of thiophene rings is 1. The molecule has 12 rings (SSSR count). The molecule has 0 bridgehead atoms. The van der Waals surface area contributed by atoms with Crippen LogP contribution in [0.2, 0.25) is 0 Å². The maximum atomic E-state index is 2.45. The molecular weight excluding hydrogens is 755 g/mol. The molecule has 0 fully saturated rings. The van der Waals surface area contributed by atoms with Gasteiger partial charge in [-0.05, 0) is 97.9 Å². The summed E-state index contributed by atoms with van der Waals surface area (Å²) in [6.07, 6.45) is 0. The minimum absolute atomic E-state index is 0.446. The molecular formula is C59H39NS. The van der Waals surface area contributed by atoms with E-state index in [4.69, 9.17) is 0 Å². The quantitative estimate of drug-likeness (QED) is 0.155. The average Bonchev–Trinajstić information content (AvgIpc) is 3.86. The van der Waals surface area contributed by atoms with Gasteiger partial charge in [0.05, 0.1) is 16.8 Å². The van der Waals surface area contributed by atoms with Crippen molar-refractivity contribution in [3.8, 4) is 33.4 Å². The molecule has 0 spiro atoms. The molecule has 2 heteroatoms. The van der Waals surface area contributed by atoms with Crippen LogP contribution < -0.4 is 4.90 Å². The maximum absolute atomic E-state index is 2.45. The molecule has 11 aromatic rings. The molecule has 0 N–H and O–H groups in total. The van der Waals surface area contributed by atoms with E-state index in [-0.39, 0.29) is 0 Å². The molecule has 1 nitrogen and oxygen atoms in total. The lowest BCUT2D eigenvalue weighted by atomic mass is 9.67. The number of hydrogen-bond donors (Lipinski definition) is 0. The van der Waals surface area contributed by atoms with Crippen molar-refractivity contribution in [2.45, 2.75) is 5.41 Å². The predicted octanol–water partition coefficient (Wildman–Crippen LogP) is 16.4. The second-order valence-corrected chi connectivity index (χ2v) is 17.1. The Hall–Kier alpha value is -7.52. The van der Waals surface area contributed by atoms with E-state index in [1.165, 1.54) is 86.6 Å². The second kappa shape index (κ2) is 14.3. The van der Waals surface area contributed by atoms with Gasteiger partial charge in [0.15, 0.2) is 0 Å². The van der Waals surface area contributed by atoms with E-state index in [0.29, 0.717) is 0 Å². The summed E-state index contributed by atoms with van der Waals surface area (Å²) in [6, 6.07) is 87.3. The van der Waals surface area contributed by atoms with Gasteiger partial charge < -0.3 is 4.90 Å². The Morgan fingerprint density at radius 2 is 0.902 bits per heavy atom. The van der Waals surface area contributed by atoms with Crippen molar-refractivity contribution in [3.63, 3.8) is 0 Å². The third kappa shape index (κ3) is 5.60. The minimum atomic E-state index is -0.446. The van der Waals surface area contributed by atoms with Crippen molar-refractivity contribution in [2.24, 2.45) is 0 Å². The Morgan fingerprint density at radius 1 is 0.328 bits per heavy atom. The third-order valence-electron chi connectivity index (χ3n) is 12.8. The number of rotatable bonds is 7. The van der Waals surface area contributed by atoms with Crippen LogP contribution in [0.25, 0.3) is 64.3 Å². The first-order valence-corrected chi connectivity index (χ1v) is 21.8. The number of fused-ring (bicyclic) bond motifs is 7. The molecule has 0 amide bonds. The standard InChI is InChI=1S/C59H39NS/c1-3-18-44(19-4-1)59(45-20-5-2-6-21-45)53-26-12-9-24-49(53)50-36-32-42(38-54(50)59)40-30-34-46(35-31-40)60(56-28-15-17-41-16-7-8-22-47(41)56)55-27-13-10-23-48(55)43-33-37-52-51-25-11-14-29-57(51)61-58(52)39-43/h1-39H. The zero-order valence-electron chi connectivity index (χ0n) is 33.4. The molecule has 1 aliphatic carbocycles. The van der Waals surface area contributed by atoms with Crippen molar-refractivity contribution < 1.29 is 0 Å². The van der Waals surface area contributed by atoms with Gasteiger partial charge in [-0.1, -0.05) is 194 Å². The lowest BCUT2D eigenvalue weighted by molar-refractivity contribution is 0.769. The van der Waals surface area contributed by atoms with E-state index < -0.39 is 5.41 Å². The SMILES string of the molecule is c1ccc(C2(c3ccccc3)c3ccccc3-c3ccc(-c4ccc(N(c5ccccc5-c5ccc6c(c5)sc5ccccc56)c5cccc6ccccc56)cc4)cc32)cc1. The zero-order chi connectivity index (χ0) is 40.3. The second-order valence-electron chi connectivity index (χ2n) is 16.0. The van der Waals surface area contributed by atoms with Crippen molar-refractivity contribution in [1.82, 2.24) is 0 Å². The molecule has 0 unspecified atom stereocenters. The van der Waals surface area contributed by atoms with Gasteiger partial charge >= 0.3 is 0 Å². The van der Waals surface area contributed by atoms with Crippen LogP contribution >= 0.6 is 11.3 Å². The first-order chi connectivity index (χ1) is 30.3. The van der Waals surface area contributed by atoms with Crippen LogP contribution in [-0.4, -0.2) is 0 Å². The van der Waals surface area contributed by atoms with Crippen molar-refractivity contribution in [1.29, 1.82) is 0 Å². The Bertz CT molecular complexity index is 3370. The summed E-state index contributed by atoms with van der Waals surface area (Å²) in [4.78, 5) is 2.45. The largest absolute Gasteiger partial charge is 0.309 e. The highest BCUT2D eigenvalue weighted by Crippen LogP contribution is 2.57. The molecule has 61 heavy (non-hydrogen) atoms. The molecule has 286 valence electrons. The minimum Gasteiger partial charge on any atom is -0.309 e. The zero-order valence-corrected chi connectivity index (χ0v) is 34.2. The summed E-state index contributed by atoms with van der Waals surface area (Å²) in [5.41, 5.74) is 15.5. The number of para-hydroxylation sites is 1. The monoisotopic (exact) mass is 793 g/mol. The third-order valence-corrected chi connectivity index (χ3v) is 13.9. The summed E-state index contributed by atoms with van der Waals surface area (Å²) in [5, 5.41) is 5.05. The first kappa shape index (κ1) is 35.4. The van der Waals surface area contributed by atoms with Crippen molar-refractivity contribution in [2.75, 3.05) is 4.90 Å². The van der Waals surface area contributed by atoms with Gasteiger partial charge in [0.1, 0.15) is 0 Å². The van der Waals surface area contributed by atoms with E-state index in [1.807, 2.05) is 11.3 Å². The van der Waals surface area contributed by atoms with Gasteiger partial charge in [0, 0.05) is 36.8 Å². The van der Waals surface area contributed by atoms with Crippen LogP contribution in [0, 0.1) is 0 Å². The maximum Gasteiger partial charge on any atom is 0.0713 e. The summed E-state index contributed by atoms with van der Waals surface area (Å²) in [7, 11) is 0. The normalized spacial score (nSPS) is 12.7. The average molecular weight is 794 g/mol. The molecule has 1 aromatic heterocycles. The van der Waals surface area contributed by atoms with E-state index in [2.05, 4.69) is 241 Å². The molecule has 0 atom stereocenters. The summed E-state index contributed by atoms with van der Waals surface area (Å²) in [6.45, 7) is 0. The fourth-order valence-corrected chi connectivity index (χ4v) is 11.2. The topological polar surface area (TPSA) is 3.24 Å². The van der Waals surface area contributed by atoms with E-state index in [1.54, 1.807) is 0 Å². The molecule has 0 aliphatic heterocycles. The van der Waals surface area contributed by atoms with Gasteiger partial charge in [-0.15, -0.1) is 11.3 Å². The van der Waals surface area contributed by atoms with Crippen LogP contribution in [0.3, 0.4) is 0 Å². The lowest BCUT2D eigenvalue weighted by Gasteiger charge is -2.34. The highest BCUT2D eigenvalue weighted by atomic mass is 32.1. The Morgan fingerprint density at radius 3 is 1.70 bits per heavy atom. The number of benzene rings is 10. The van der Waals surface area contributed by atoms with E-state index in [9.17, 15) is 0 Å². The highest BCUT2D eigenvalue weighted by Gasteiger charge is 2.46. The summed E-state index contributed by atoms with van der Waals surface area (Å²) >= 11 is 1.87. The molecule has 1 aliphatic rings. The summed E-state index contributed by atoms with van der Waals surface area (Å²) < 4.78 is 2.62. The Labute approximate surface area is 360 Å². The van der Waals surface area contributed by atoms with Gasteiger partial charge in [0.25, 0.3) is 0 Å². The van der Waals surface area contributed by atoms with E-state index in [0.717, 1.165) is 17.1 Å². The highest BCUT2D eigenvalue weighted by molar-refractivity contribution is 7.25. The molecule has 0 radical (unpaired) electrons. The fourth-order valence-electron chi connectivity index (χ4n) is 10.0. The van der Waals surface area contributed by atoms with Crippen LogP contribution in [0.4, 0.5) is 17.1 Å². The smallest absolute Gasteiger partial charge is 0.0713 e. The van der Waals surface area contributed by atoms with Crippen molar-refractivity contribution >= 4 is 59.3 Å². The van der Waals surface area contributed by atoms with Crippen molar-refractivity contribution in [3.05, 3.63) is 259 Å². The van der Waals surface area contributed by atoms with Gasteiger partial charge in [-0.3, -0.25) is 0 Å². The van der Waals surface area contributed by atoms with E-state index >= 15 is 0 Å². The molecule has 1 heterocycles. The predicted molar refractivity (Wildman–Crippen MR) is 260 cm³/mol. The lowest BCUT2D eigenvalue weighted by Crippen LogP contribution is -2.28. The Kier molecular flexibility index (Phi) is 8.33. The first-order valence-electron chi connectivity index (χ1n) is 21.0. The molecule has 0 saturated carbocycles. The van der Waals surface area contributed by atoms with Crippen LogP contribution in [0.5, 0.6) is 0 Å². The molecule has 10 aromatic carbocycles. The number of hydrogen-bond acceptors (Lipinski definition) is 2. The van der Waals surface area contributed by atoms with Crippen LogP contribution in [-0.2, 0) is 5.41 Å². The van der Waals surface area contributed by atoms with Gasteiger partial charge in [0.2, 0.25) is 0 Å². The fraction of sp³-hybridized carbons (Fsp3) is 0.0169. The van der Waals surface area contributed by atoms with Gasteiger partial charge in [-0.2, -0.15) is 0 Å². The van der Waals surface area contributed by atoms with Crippen LogP contribution in [0.15, 0.2) is 237 Å². The number of anilines is 3. The van der Waals surface area contributed by atoms with Crippen LogP contribution in [0.1, 0.15) is 22.3 Å². The Balaban J connectivity index is 1.01. The summed E-state index contributed by atoms with van der Waals surface area (Å²) in [5.74, 6) is 0. The molecule has 0 saturated heterocycles.